The van der Waals surface area contributed by atoms with Gasteiger partial charge in [0.05, 0.1) is 6.61 Å². The molecule has 94 valence electrons. The molecular weight excluding hydrogens is 227 g/mol. The van der Waals surface area contributed by atoms with Crippen molar-refractivity contribution in [2.45, 2.75) is 25.1 Å². The van der Waals surface area contributed by atoms with Crippen LogP contribution in [-0.2, 0) is 9.53 Å². The van der Waals surface area contributed by atoms with E-state index in [-0.39, 0.29) is 6.04 Å². The van der Waals surface area contributed by atoms with Crippen LogP contribution in [-0.4, -0.2) is 43.1 Å². The number of rotatable bonds is 4. The second-order valence-corrected chi connectivity index (χ2v) is 3.75. The fraction of sp³-hybridized carbons (Fsp3) is 0.889. The van der Waals surface area contributed by atoms with Crippen LogP contribution in [0.5, 0.6) is 0 Å². The smallest absolute Gasteiger partial charge is 0.403 e. The topological polar surface area (TPSA) is 58.6 Å². The van der Waals surface area contributed by atoms with E-state index >= 15 is 0 Å². The molecule has 0 amide bonds. The first-order chi connectivity index (χ1) is 7.41. The molecule has 7 heteroatoms. The normalized spacial score (nSPS) is 24.1. The molecule has 0 aromatic rings. The number of nitrogens with one attached hydrogen (secondary N) is 1. The van der Waals surface area contributed by atoms with E-state index in [0.717, 1.165) is 6.42 Å². The lowest BCUT2D eigenvalue weighted by molar-refractivity contribution is -0.192. The lowest BCUT2D eigenvalue weighted by Gasteiger charge is -2.25. The van der Waals surface area contributed by atoms with E-state index in [2.05, 4.69) is 5.32 Å². The summed E-state index contributed by atoms with van der Waals surface area (Å²) in [4.78, 5) is 10.4. The van der Waals surface area contributed by atoms with Crippen molar-refractivity contribution in [3.8, 4) is 0 Å². The fourth-order valence-corrected chi connectivity index (χ4v) is 1.53. The van der Waals surface area contributed by atoms with Crippen LogP contribution in [0.15, 0.2) is 0 Å². The number of carbonyl (C=O) groups is 1. The first-order valence-electron chi connectivity index (χ1n) is 5.02. The van der Waals surface area contributed by atoms with Crippen LogP contribution < -0.4 is 5.32 Å². The largest absolute Gasteiger partial charge is 0.481 e. The molecule has 4 nitrogen and oxygen atoms in total. The predicted octanol–water partition coefficient (Wildman–Crippen LogP) is 1.02. The van der Waals surface area contributed by atoms with Crippen molar-refractivity contribution in [3.63, 3.8) is 0 Å². The molecule has 2 atom stereocenters. The van der Waals surface area contributed by atoms with Crippen molar-refractivity contribution in [2.24, 2.45) is 5.92 Å². The quantitative estimate of drug-likeness (QED) is 0.771. The predicted molar refractivity (Wildman–Crippen MR) is 49.0 cm³/mol. The minimum absolute atomic E-state index is 0.182. The molecule has 1 aliphatic heterocycles. The van der Waals surface area contributed by atoms with Crippen molar-refractivity contribution in [1.29, 1.82) is 0 Å². The summed E-state index contributed by atoms with van der Waals surface area (Å²) in [5.41, 5.74) is 0. The molecule has 2 N–H and O–H groups in total. The number of hydrogen-bond acceptors (Lipinski definition) is 3. The fourth-order valence-electron chi connectivity index (χ4n) is 1.53. The molecule has 0 bridgehead atoms. The Kier molecular flexibility index (Phi) is 4.55. The maximum absolute atomic E-state index is 12.3. The Labute approximate surface area is 90.8 Å². The number of aliphatic carboxylic acids is 1. The van der Waals surface area contributed by atoms with Gasteiger partial charge in [-0.25, -0.2) is 0 Å². The molecule has 1 heterocycles. The van der Waals surface area contributed by atoms with Crippen LogP contribution >= 0.6 is 0 Å². The van der Waals surface area contributed by atoms with Gasteiger partial charge in [0.15, 0.2) is 5.92 Å². The highest BCUT2D eigenvalue weighted by Crippen LogP contribution is 2.26. The van der Waals surface area contributed by atoms with E-state index in [1.807, 2.05) is 0 Å². The average molecular weight is 241 g/mol. The van der Waals surface area contributed by atoms with Crippen LogP contribution in [0, 0.1) is 5.92 Å². The number of ether oxygens (including phenoxy) is 1. The molecule has 0 aromatic carbocycles. The SMILES string of the molecule is O=C(O)C(CNC1CCCOC1)C(F)(F)F. The third-order valence-electron chi connectivity index (χ3n) is 2.46. The Hall–Kier alpha value is -0.820. The molecule has 0 radical (unpaired) electrons. The summed E-state index contributed by atoms with van der Waals surface area (Å²) in [5, 5.41) is 11.0. The Morgan fingerprint density at radius 3 is 2.69 bits per heavy atom. The van der Waals surface area contributed by atoms with Gasteiger partial charge >= 0.3 is 12.1 Å². The van der Waals surface area contributed by atoms with E-state index in [1.54, 1.807) is 0 Å². The Balaban J connectivity index is 2.40. The van der Waals surface area contributed by atoms with Crippen LogP contribution in [0.4, 0.5) is 13.2 Å². The van der Waals surface area contributed by atoms with Gasteiger partial charge in [0, 0.05) is 19.2 Å². The third-order valence-corrected chi connectivity index (χ3v) is 2.46. The Morgan fingerprint density at radius 1 is 1.56 bits per heavy atom. The molecule has 0 aromatic heterocycles. The van der Waals surface area contributed by atoms with Crippen molar-refractivity contribution in [2.75, 3.05) is 19.8 Å². The van der Waals surface area contributed by atoms with Crippen LogP contribution in [0.3, 0.4) is 0 Å². The van der Waals surface area contributed by atoms with Gasteiger partial charge in [-0.15, -0.1) is 0 Å². The lowest BCUT2D eigenvalue weighted by Crippen LogP contribution is -2.45. The van der Waals surface area contributed by atoms with Gasteiger partial charge in [-0.2, -0.15) is 13.2 Å². The van der Waals surface area contributed by atoms with Crippen LogP contribution in [0.2, 0.25) is 0 Å². The lowest BCUT2D eigenvalue weighted by atomic mass is 10.1. The molecule has 1 fully saturated rings. The summed E-state index contributed by atoms with van der Waals surface area (Å²) in [5.74, 6) is -4.20. The van der Waals surface area contributed by atoms with Crippen molar-refractivity contribution < 1.29 is 27.8 Å². The number of carboxylic acids is 1. The summed E-state index contributed by atoms with van der Waals surface area (Å²) < 4.78 is 41.9. The molecule has 1 saturated heterocycles. The zero-order valence-electron chi connectivity index (χ0n) is 8.59. The second kappa shape index (κ2) is 5.49. The molecule has 0 saturated carbocycles. The number of alkyl halides is 3. The van der Waals surface area contributed by atoms with E-state index in [1.165, 1.54) is 0 Å². The minimum Gasteiger partial charge on any atom is -0.481 e. The standard InChI is InChI=1S/C9H14F3NO3/c10-9(11,12)7(8(14)15)4-13-6-2-1-3-16-5-6/h6-7,13H,1-5H2,(H,14,15). The summed E-state index contributed by atoms with van der Waals surface area (Å²) in [6, 6.07) is -0.182. The van der Waals surface area contributed by atoms with Gasteiger partial charge in [-0.05, 0) is 12.8 Å². The summed E-state index contributed by atoms with van der Waals surface area (Å²) >= 11 is 0. The summed E-state index contributed by atoms with van der Waals surface area (Å²) in [6.45, 7) is 0.344. The highest BCUT2D eigenvalue weighted by molar-refractivity contribution is 5.71. The van der Waals surface area contributed by atoms with E-state index < -0.39 is 24.6 Å². The van der Waals surface area contributed by atoms with Gasteiger partial charge < -0.3 is 15.2 Å². The Bertz CT molecular complexity index is 239. The number of hydrogen-bond donors (Lipinski definition) is 2. The molecule has 0 aliphatic carbocycles. The summed E-state index contributed by atoms with van der Waals surface area (Å²) in [6.07, 6.45) is -3.22. The van der Waals surface area contributed by atoms with Gasteiger partial charge in [0.25, 0.3) is 0 Å². The zero-order chi connectivity index (χ0) is 12.2. The molecule has 1 aliphatic rings. The molecular formula is C9H14F3NO3. The number of carboxylic acid groups (broad SMARTS) is 1. The van der Waals surface area contributed by atoms with Crippen molar-refractivity contribution in [3.05, 3.63) is 0 Å². The Morgan fingerprint density at radius 2 is 2.25 bits per heavy atom. The van der Waals surface area contributed by atoms with E-state index in [0.29, 0.717) is 19.6 Å². The summed E-state index contributed by atoms with van der Waals surface area (Å²) in [7, 11) is 0. The van der Waals surface area contributed by atoms with Crippen LogP contribution in [0.25, 0.3) is 0 Å². The maximum Gasteiger partial charge on any atom is 0.403 e. The number of halogens is 3. The second-order valence-electron chi connectivity index (χ2n) is 3.75. The molecule has 0 spiro atoms. The van der Waals surface area contributed by atoms with Gasteiger partial charge in [0.1, 0.15) is 0 Å². The molecule has 16 heavy (non-hydrogen) atoms. The maximum atomic E-state index is 12.3. The van der Waals surface area contributed by atoms with E-state index in [4.69, 9.17) is 9.84 Å². The first-order valence-corrected chi connectivity index (χ1v) is 5.02. The third kappa shape index (κ3) is 3.97. The van der Waals surface area contributed by atoms with Crippen molar-refractivity contribution in [1.82, 2.24) is 5.32 Å². The van der Waals surface area contributed by atoms with Gasteiger partial charge in [-0.1, -0.05) is 0 Å². The molecule has 1 rings (SSSR count). The zero-order valence-corrected chi connectivity index (χ0v) is 8.59. The highest BCUT2D eigenvalue weighted by Gasteiger charge is 2.45. The van der Waals surface area contributed by atoms with Crippen LogP contribution in [0.1, 0.15) is 12.8 Å². The van der Waals surface area contributed by atoms with Gasteiger partial charge in [0.2, 0.25) is 0 Å². The van der Waals surface area contributed by atoms with Gasteiger partial charge in [-0.3, -0.25) is 4.79 Å². The van der Waals surface area contributed by atoms with Crippen molar-refractivity contribution >= 4 is 5.97 Å². The highest BCUT2D eigenvalue weighted by atomic mass is 19.4. The minimum atomic E-state index is -4.71. The first kappa shape index (κ1) is 13.2. The monoisotopic (exact) mass is 241 g/mol. The average Bonchev–Trinajstić information content (AvgIpc) is 2.17. The van der Waals surface area contributed by atoms with E-state index in [9.17, 15) is 18.0 Å². The molecule has 2 unspecified atom stereocenters.